The first-order chi connectivity index (χ1) is 10.1. The first kappa shape index (κ1) is 13.4. The maximum atomic E-state index is 12.9. The number of rotatable bonds is 3. The van der Waals surface area contributed by atoms with Crippen molar-refractivity contribution in [3.05, 3.63) is 65.4 Å². The fourth-order valence-electron chi connectivity index (χ4n) is 2.73. The Morgan fingerprint density at radius 1 is 1.05 bits per heavy atom. The first-order valence-electron chi connectivity index (χ1n) is 6.86. The van der Waals surface area contributed by atoms with Crippen LogP contribution in [0.15, 0.2) is 48.7 Å². The van der Waals surface area contributed by atoms with E-state index in [0.717, 1.165) is 27.8 Å². The lowest BCUT2D eigenvalue weighted by atomic mass is 9.98. The van der Waals surface area contributed by atoms with Gasteiger partial charge in [-0.25, -0.2) is 0 Å². The summed E-state index contributed by atoms with van der Waals surface area (Å²) in [6.07, 6.45) is 1.88. The Morgan fingerprint density at radius 2 is 1.81 bits per heavy atom. The van der Waals surface area contributed by atoms with Crippen molar-refractivity contribution in [2.24, 2.45) is 7.05 Å². The number of methoxy groups -OCH3 is 1. The van der Waals surface area contributed by atoms with Crippen LogP contribution in [-0.4, -0.2) is 17.5 Å². The number of aryl methyl sites for hydroxylation is 2. The lowest BCUT2D eigenvalue weighted by Crippen LogP contribution is -2.03. The van der Waals surface area contributed by atoms with E-state index in [2.05, 4.69) is 0 Å². The number of benzene rings is 2. The van der Waals surface area contributed by atoms with E-state index >= 15 is 0 Å². The van der Waals surface area contributed by atoms with E-state index in [0.29, 0.717) is 5.56 Å². The number of aromatic nitrogens is 1. The smallest absolute Gasteiger partial charge is 0.195 e. The molecule has 2 aromatic carbocycles. The molecule has 0 amide bonds. The van der Waals surface area contributed by atoms with Gasteiger partial charge in [-0.3, -0.25) is 4.79 Å². The van der Waals surface area contributed by atoms with Crippen molar-refractivity contribution in [2.75, 3.05) is 7.11 Å². The third-order valence-electron chi connectivity index (χ3n) is 3.83. The summed E-state index contributed by atoms with van der Waals surface area (Å²) < 4.78 is 7.39. The molecule has 3 nitrogen and oxygen atoms in total. The van der Waals surface area contributed by atoms with Crippen LogP contribution < -0.4 is 4.74 Å². The highest BCUT2D eigenvalue weighted by molar-refractivity contribution is 6.18. The molecule has 1 aromatic heterocycles. The van der Waals surface area contributed by atoms with Gasteiger partial charge in [0.15, 0.2) is 5.78 Å². The predicted octanol–water partition coefficient (Wildman–Crippen LogP) is 3.73. The van der Waals surface area contributed by atoms with Gasteiger partial charge >= 0.3 is 0 Å². The van der Waals surface area contributed by atoms with Gasteiger partial charge in [-0.05, 0) is 24.6 Å². The molecule has 0 saturated heterocycles. The number of hydrogen-bond donors (Lipinski definition) is 0. The number of carbonyl (C=O) groups excluding carboxylic acids is 1. The highest BCUT2D eigenvalue weighted by Crippen LogP contribution is 2.31. The third kappa shape index (κ3) is 2.11. The zero-order valence-corrected chi connectivity index (χ0v) is 12.4. The van der Waals surface area contributed by atoms with Crippen molar-refractivity contribution < 1.29 is 9.53 Å². The van der Waals surface area contributed by atoms with Gasteiger partial charge in [0, 0.05) is 18.8 Å². The van der Waals surface area contributed by atoms with Crippen molar-refractivity contribution >= 4 is 16.7 Å². The Labute approximate surface area is 123 Å². The van der Waals surface area contributed by atoms with Gasteiger partial charge in [0.05, 0.1) is 23.6 Å². The highest BCUT2D eigenvalue weighted by atomic mass is 16.5. The van der Waals surface area contributed by atoms with Crippen LogP contribution in [0.5, 0.6) is 5.75 Å². The molecule has 3 aromatic rings. The Kier molecular flexibility index (Phi) is 3.26. The molecule has 1 heterocycles. The second-order valence-corrected chi connectivity index (χ2v) is 5.15. The Hall–Kier alpha value is -2.55. The van der Waals surface area contributed by atoms with Gasteiger partial charge in [0.2, 0.25) is 0 Å². The number of nitrogens with zero attached hydrogens (tertiary/aromatic N) is 1. The molecule has 0 aliphatic rings. The van der Waals surface area contributed by atoms with E-state index in [1.165, 1.54) is 0 Å². The summed E-state index contributed by atoms with van der Waals surface area (Å²) in [6, 6.07) is 13.5. The summed E-state index contributed by atoms with van der Waals surface area (Å²) >= 11 is 0. The standard InChI is InChI=1S/C18H17NO2/c1-12-7-4-5-8-13(12)18(20)14-11-19(2)15-9-6-10-16(21-3)17(14)15/h4-11H,1-3H3. The molecule has 0 N–H and O–H groups in total. The number of ether oxygens (including phenoxy) is 1. The monoisotopic (exact) mass is 279 g/mol. The van der Waals surface area contributed by atoms with Crippen molar-refractivity contribution in [3.8, 4) is 5.75 Å². The van der Waals surface area contributed by atoms with Crippen molar-refractivity contribution in [1.82, 2.24) is 4.57 Å². The number of carbonyl (C=O) groups is 1. The molecule has 0 bridgehead atoms. The second-order valence-electron chi connectivity index (χ2n) is 5.15. The fraction of sp³-hybridized carbons (Fsp3) is 0.167. The zero-order valence-electron chi connectivity index (χ0n) is 12.4. The van der Waals surface area contributed by atoms with E-state index in [4.69, 9.17) is 4.74 Å². The average Bonchev–Trinajstić information content (AvgIpc) is 2.84. The minimum absolute atomic E-state index is 0.0307. The SMILES string of the molecule is COc1cccc2c1c(C(=O)c1ccccc1C)cn2C. The van der Waals surface area contributed by atoms with Gasteiger partial charge in [-0.2, -0.15) is 0 Å². The van der Waals surface area contributed by atoms with Crippen LogP contribution in [0.25, 0.3) is 10.9 Å². The molecular formula is C18H17NO2. The van der Waals surface area contributed by atoms with E-state index < -0.39 is 0 Å². The lowest BCUT2D eigenvalue weighted by Gasteiger charge is -2.06. The Bertz CT molecular complexity index is 830. The van der Waals surface area contributed by atoms with E-state index in [9.17, 15) is 4.79 Å². The van der Waals surface area contributed by atoms with Gasteiger partial charge in [0.1, 0.15) is 5.75 Å². The van der Waals surface area contributed by atoms with Crippen molar-refractivity contribution in [1.29, 1.82) is 0 Å². The van der Waals surface area contributed by atoms with Gasteiger partial charge in [-0.1, -0.05) is 30.3 Å². The van der Waals surface area contributed by atoms with Crippen LogP contribution in [0.2, 0.25) is 0 Å². The number of hydrogen-bond acceptors (Lipinski definition) is 2. The van der Waals surface area contributed by atoms with Gasteiger partial charge in [0.25, 0.3) is 0 Å². The molecule has 0 unspecified atom stereocenters. The molecule has 0 saturated carbocycles. The largest absolute Gasteiger partial charge is 0.496 e. The van der Waals surface area contributed by atoms with Crippen molar-refractivity contribution in [2.45, 2.75) is 6.92 Å². The molecule has 0 spiro atoms. The third-order valence-corrected chi connectivity index (χ3v) is 3.83. The van der Waals surface area contributed by atoms with Crippen LogP contribution in [0, 0.1) is 6.92 Å². The Morgan fingerprint density at radius 3 is 2.52 bits per heavy atom. The van der Waals surface area contributed by atoms with E-state index in [1.54, 1.807) is 7.11 Å². The molecule has 21 heavy (non-hydrogen) atoms. The average molecular weight is 279 g/mol. The number of fused-ring (bicyclic) bond motifs is 1. The predicted molar refractivity (Wildman–Crippen MR) is 84.1 cm³/mol. The quantitative estimate of drug-likeness (QED) is 0.684. The molecule has 3 heteroatoms. The molecule has 106 valence electrons. The van der Waals surface area contributed by atoms with Crippen LogP contribution in [-0.2, 0) is 7.05 Å². The van der Waals surface area contributed by atoms with Crippen LogP contribution in [0.3, 0.4) is 0 Å². The van der Waals surface area contributed by atoms with Crippen LogP contribution in [0.1, 0.15) is 21.5 Å². The first-order valence-corrected chi connectivity index (χ1v) is 6.86. The van der Waals surface area contributed by atoms with Crippen LogP contribution >= 0.6 is 0 Å². The normalized spacial score (nSPS) is 10.8. The van der Waals surface area contributed by atoms with Crippen molar-refractivity contribution in [3.63, 3.8) is 0 Å². The van der Waals surface area contributed by atoms with E-state index in [-0.39, 0.29) is 5.78 Å². The topological polar surface area (TPSA) is 31.2 Å². The maximum absolute atomic E-state index is 12.9. The summed E-state index contributed by atoms with van der Waals surface area (Å²) in [7, 11) is 3.57. The summed E-state index contributed by atoms with van der Waals surface area (Å²) in [5.41, 5.74) is 3.39. The summed E-state index contributed by atoms with van der Waals surface area (Å²) in [5, 5.41) is 0.871. The Balaban J connectivity index is 2.26. The molecular weight excluding hydrogens is 262 g/mol. The highest BCUT2D eigenvalue weighted by Gasteiger charge is 2.19. The molecule has 0 atom stereocenters. The minimum atomic E-state index is 0.0307. The molecule has 0 radical (unpaired) electrons. The summed E-state index contributed by atoms with van der Waals surface area (Å²) in [4.78, 5) is 12.9. The minimum Gasteiger partial charge on any atom is -0.496 e. The molecule has 0 aliphatic heterocycles. The van der Waals surface area contributed by atoms with Crippen LogP contribution in [0.4, 0.5) is 0 Å². The lowest BCUT2D eigenvalue weighted by molar-refractivity contribution is 0.103. The van der Waals surface area contributed by atoms with Gasteiger partial charge < -0.3 is 9.30 Å². The zero-order chi connectivity index (χ0) is 15.0. The number of ketones is 1. The second kappa shape index (κ2) is 5.09. The fourth-order valence-corrected chi connectivity index (χ4v) is 2.73. The maximum Gasteiger partial charge on any atom is 0.195 e. The van der Waals surface area contributed by atoms with Gasteiger partial charge in [-0.15, -0.1) is 0 Å². The molecule has 0 aliphatic carbocycles. The summed E-state index contributed by atoms with van der Waals surface area (Å²) in [6.45, 7) is 1.95. The molecule has 0 fully saturated rings. The molecule has 3 rings (SSSR count). The van der Waals surface area contributed by atoms with E-state index in [1.807, 2.05) is 67.2 Å². The summed E-state index contributed by atoms with van der Waals surface area (Å²) in [5.74, 6) is 0.758.